The van der Waals surface area contributed by atoms with Gasteiger partial charge >= 0.3 is 0 Å². The van der Waals surface area contributed by atoms with Gasteiger partial charge in [-0.2, -0.15) is 0 Å². The van der Waals surface area contributed by atoms with E-state index in [-0.39, 0.29) is 0 Å². The van der Waals surface area contributed by atoms with Crippen LogP contribution in [0.1, 0.15) is 27.7 Å². The summed E-state index contributed by atoms with van der Waals surface area (Å²) in [4.78, 5) is 2.49. The smallest absolute Gasteiger partial charge is 0.0394 e. The molecular formula is C10H21NOS. The lowest BCUT2D eigenvalue weighted by atomic mass is 10.0. The van der Waals surface area contributed by atoms with Crippen LogP contribution in [-0.2, 0) is 10.8 Å². The average Bonchev–Trinajstić information content (AvgIpc) is 2.03. The molecule has 0 saturated carbocycles. The van der Waals surface area contributed by atoms with Crippen molar-refractivity contribution in [2.75, 3.05) is 18.1 Å². The van der Waals surface area contributed by atoms with Gasteiger partial charge in [0.25, 0.3) is 0 Å². The molecule has 1 heterocycles. The van der Waals surface area contributed by atoms with E-state index in [4.69, 9.17) is 0 Å². The first kappa shape index (κ1) is 11.2. The van der Waals surface area contributed by atoms with Gasteiger partial charge in [-0.15, -0.1) is 0 Å². The molecular weight excluding hydrogens is 182 g/mol. The van der Waals surface area contributed by atoms with Crippen molar-refractivity contribution in [2.24, 2.45) is 5.92 Å². The standard InChI is InChI=1S/C10H21NOS/c1-8(2)10-7-13(12)6-5-11(10)9(3)4/h8-10H,5-7H2,1-4H3/t10-,13?/m0/s1. The van der Waals surface area contributed by atoms with Crippen LogP contribution in [-0.4, -0.2) is 39.2 Å². The summed E-state index contributed by atoms with van der Waals surface area (Å²) >= 11 is 0. The molecule has 1 unspecified atom stereocenters. The highest BCUT2D eigenvalue weighted by Crippen LogP contribution is 2.19. The van der Waals surface area contributed by atoms with E-state index in [1.165, 1.54) is 0 Å². The van der Waals surface area contributed by atoms with Crippen molar-refractivity contribution in [3.05, 3.63) is 0 Å². The van der Waals surface area contributed by atoms with E-state index in [0.29, 0.717) is 18.0 Å². The Balaban J connectivity index is 2.66. The van der Waals surface area contributed by atoms with E-state index in [1.807, 2.05) is 0 Å². The lowest BCUT2D eigenvalue weighted by molar-refractivity contribution is 0.136. The molecule has 1 fully saturated rings. The quantitative estimate of drug-likeness (QED) is 0.677. The largest absolute Gasteiger partial charge is 0.296 e. The first-order chi connectivity index (χ1) is 6.02. The minimum absolute atomic E-state index is 0.523. The van der Waals surface area contributed by atoms with E-state index in [0.717, 1.165) is 18.1 Å². The van der Waals surface area contributed by atoms with E-state index in [9.17, 15) is 4.21 Å². The summed E-state index contributed by atoms with van der Waals surface area (Å²) in [5.74, 6) is 2.35. The Morgan fingerprint density at radius 2 is 1.92 bits per heavy atom. The second-order valence-electron chi connectivity index (χ2n) is 4.45. The van der Waals surface area contributed by atoms with Crippen LogP contribution in [0.2, 0.25) is 0 Å². The highest BCUT2D eigenvalue weighted by atomic mass is 32.2. The van der Waals surface area contributed by atoms with Crippen molar-refractivity contribution < 1.29 is 4.21 Å². The second-order valence-corrected chi connectivity index (χ2v) is 6.07. The summed E-state index contributed by atoms with van der Waals surface area (Å²) in [6.45, 7) is 9.91. The SMILES string of the molecule is CC(C)[C@@H]1CS(=O)CCN1C(C)C. The van der Waals surface area contributed by atoms with Crippen LogP contribution >= 0.6 is 0 Å². The Labute approximate surface area is 84.2 Å². The zero-order valence-corrected chi connectivity index (χ0v) is 9.93. The van der Waals surface area contributed by atoms with E-state index in [2.05, 4.69) is 32.6 Å². The Morgan fingerprint density at radius 3 is 2.38 bits per heavy atom. The molecule has 2 nitrogen and oxygen atoms in total. The van der Waals surface area contributed by atoms with Gasteiger partial charge in [-0.25, -0.2) is 0 Å². The summed E-state index contributed by atoms with van der Waals surface area (Å²) in [5.41, 5.74) is 0. The molecule has 1 rings (SSSR count). The molecule has 1 aliphatic rings. The second kappa shape index (κ2) is 4.56. The number of rotatable bonds is 2. The van der Waals surface area contributed by atoms with Gasteiger partial charge in [0.1, 0.15) is 0 Å². The predicted octanol–water partition coefficient (Wildman–Crippen LogP) is 1.48. The maximum absolute atomic E-state index is 11.4. The molecule has 3 heteroatoms. The van der Waals surface area contributed by atoms with Crippen molar-refractivity contribution in [3.63, 3.8) is 0 Å². The van der Waals surface area contributed by atoms with Crippen molar-refractivity contribution in [3.8, 4) is 0 Å². The van der Waals surface area contributed by atoms with Crippen molar-refractivity contribution in [2.45, 2.75) is 39.8 Å². The van der Waals surface area contributed by atoms with Crippen LogP contribution in [0.4, 0.5) is 0 Å². The molecule has 2 atom stereocenters. The average molecular weight is 203 g/mol. The van der Waals surface area contributed by atoms with E-state index in [1.54, 1.807) is 0 Å². The predicted molar refractivity (Wildman–Crippen MR) is 58.3 cm³/mol. The molecule has 0 aromatic carbocycles. The maximum atomic E-state index is 11.4. The first-order valence-electron chi connectivity index (χ1n) is 5.13. The minimum atomic E-state index is -0.570. The van der Waals surface area contributed by atoms with Gasteiger partial charge < -0.3 is 0 Å². The molecule has 0 N–H and O–H groups in total. The lowest BCUT2D eigenvalue weighted by Crippen LogP contribution is -2.52. The molecule has 78 valence electrons. The monoisotopic (exact) mass is 203 g/mol. The van der Waals surface area contributed by atoms with Gasteiger partial charge in [0.15, 0.2) is 0 Å². The normalized spacial score (nSPS) is 31.5. The Hall–Kier alpha value is 0.110. The third kappa shape index (κ3) is 2.78. The summed E-state index contributed by atoms with van der Waals surface area (Å²) in [6, 6.07) is 1.11. The van der Waals surface area contributed by atoms with Gasteiger partial charge in [-0.3, -0.25) is 9.11 Å². The highest BCUT2D eigenvalue weighted by molar-refractivity contribution is 7.85. The summed E-state index contributed by atoms with van der Waals surface area (Å²) in [6.07, 6.45) is 0. The molecule has 0 spiro atoms. The van der Waals surface area contributed by atoms with Gasteiger partial charge in [0.2, 0.25) is 0 Å². The van der Waals surface area contributed by atoms with Crippen molar-refractivity contribution in [1.82, 2.24) is 4.90 Å². The Kier molecular flexibility index (Phi) is 3.92. The van der Waals surface area contributed by atoms with Crippen LogP contribution in [0.15, 0.2) is 0 Å². The third-order valence-corrected chi connectivity index (χ3v) is 4.14. The maximum Gasteiger partial charge on any atom is 0.0394 e. The molecule has 0 radical (unpaired) electrons. The van der Waals surface area contributed by atoms with Crippen LogP contribution in [0, 0.1) is 5.92 Å². The molecule has 0 aliphatic carbocycles. The van der Waals surface area contributed by atoms with E-state index < -0.39 is 10.8 Å². The summed E-state index contributed by atoms with van der Waals surface area (Å²) in [5, 5.41) is 0. The summed E-state index contributed by atoms with van der Waals surface area (Å²) < 4.78 is 11.4. The minimum Gasteiger partial charge on any atom is -0.296 e. The number of hydrogen-bond acceptors (Lipinski definition) is 2. The van der Waals surface area contributed by atoms with Crippen LogP contribution < -0.4 is 0 Å². The van der Waals surface area contributed by atoms with Gasteiger partial charge in [-0.1, -0.05) is 13.8 Å². The van der Waals surface area contributed by atoms with Crippen LogP contribution in [0.5, 0.6) is 0 Å². The van der Waals surface area contributed by atoms with Crippen molar-refractivity contribution in [1.29, 1.82) is 0 Å². The van der Waals surface area contributed by atoms with Gasteiger partial charge in [0.05, 0.1) is 0 Å². The fraction of sp³-hybridized carbons (Fsp3) is 1.00. The topological polar surface area (TPSA) is 20.3 Å². The third-order valence-electron chi connectivity index (χ3n) is 2.79. The van der Waals surface area contributed by atoms with Crippen molar-refractivity contribution >= 4 is 10.8 Å². The number of hydrogen-bond donors (Lipinski definition) is 0. The molecule has 0 aromatic heterocycles. The van der Waals surface area contributed by atoms with Crippen LogP contribution in [0.25, 0.3) is 0 Å². The molecule has 0 aromatic rings. The zero-order chi connectivity index (χ0) is 10.0. The highest BCUT2D eigenvalue weighted by Gasteiger charge is 2.29. The number of nitrogens with zero attached hydrogens (tertiary/aromatic N) is 1. The molecule has 0 amide bonds. The lowest BCUT2D eigenvalue weighted by Gasteiger charge is -2.40. The van der Waals surface area contributed by atoms with Gasteiger partial charge in [0, 0.05) is 40.9 Å². The molecule has 1 aliphatic heterocycles. The Bertz CT molecular complexity index is 191. The molecule has 0 bridgehead atoms. The van der Waals surface area contributed by atoms with Crippen LogP contribution in [0.3, 0.4) is 0 Å². The fourth-order valence-electron chi connectivity index (χ4n) is 1.96. The van der Waals surface area contributed by atoms with E-state index >= 15 is 0 Å². The molecule has 13 heavy (non-hydrogen) atoms. The first-order valence-corrected chi connectivity index (χ1v) is 6.62. The Morgan fingerprint density at radius 1 is 1.31 bits per heavy atom. The zero-order valence-electron chi connectivity index (χ0n) is 9.12. The molecule has 1 saturated heterocycles. The van der Waals surface area contributed by atoms with Gasteiger partial charge in [-0.05, 0) is 19.8 Å². The fourth-order valence-corrected chi connectivity index (χ4v) is 3.50. The summed E-state index contributed by atoms with van der Waals surface area (Å²) in [7, 11) is -0.570.